The minimum absolute atomic E-state index is 0.0891. The maximum Gasteiger partial charge on any atom is 0.337 e. The van der Waals surface area contributed by atoms with Gasteiger partial charge in [-0.1, -0.05) is 11.6 Å². The highest BCUT2D eigenvalue weighted by Crippen LogP contribution is 2.25. The maximum absolute atomic E-state index is 11.4. The Balaban J connectivity index is 2.00. The lowest BCUT2D eigenvalue weighted by Crippen LogP contribution is -2.03. The van der Waals surface area contributed by atoms with Crippen molar-refractivity contribution in [3.05, 3.63) is 79.1 Å². The molecule has 0 spiro atoms. The number of nitrogens with zero attached hydrogens (tertiary/aromatic N) is 2. The number of aromatic nitrogens is 1. The lowest BCUT2D eigenvalue weighted by Gasteiger charge is -2.11. The molecule has 138 valence electrons. The summed E-state index contributed by atoms with van der Waals surface area (Å²) in [5.74, 6) is -1.04. The summed E-state index contributed by atoms with van der Waals surface area (Å²) >= 11 is 8.30. The molecule has 0 amide bonds. The van der Waals surface area contributed by atoms with Gasteiger partial charge in [-0.15, -0.1) is 0 Å². The Morgan fingerprint density at radius 1 is 1.15 bits per heavy atom. The van der Waals surface area contributed by atoms with Gasteiger partial charge in [-0.05, 0) is 91.4 Å². The molecule has 0 aliphatic carbocycles. The number of aryl methyl sites for hydroxylation is 2. The van der Waals surface area contributed by atoms with Crippen molar-refractivity contribution in [1.29, 1.82) is 0 Å². The number of halogens is 2. The summed E-state index contributed by atoms with van der Waals surface area (Å²) in [6.45, 7) is 6.03. The van der Waals surface area contributed by atoms with Crippen LogP contribution >= 0.6 is 34.2 Å². The summed E-state index contributed by atoms with van der Waals surface area (Å²) in [6, 6.07) is 13.1. The first-order valence-corrected chi connectivity index (χ1v) is 9.76. The van der Waals surface area contributed by atoms with Crippen molar-refractivity contribution in [1.82, 2.24) is 4.57 Å². The van der Waals surface area contributed by atoms with E-state index in [9.17, 15) is 9.90 Å². The minimum Gasteiger partial charge on any atom is -0.478 e. The molecule has 6 heteroatoms. The van der Waals surface area contributed by atoms with Gasteiger partial charge in [0.25, 0.3) is 0 Å². The summed E-state index contributed by atoms with van der Waals surface area (Å²) < 4.78 is 3.21. The zero-order valence-electron chi connectivity index (χ0n) is 15.1. The van der Waals surface area contributed by atoms with Gasteiger partial charge in [0.1, 0.15) is 0 Å². The van der Waals surface area contributed by atoms with Gasteiger partial charge in [0, 0.05) is 32.4 Å². The highest BCUT2D eigenvalue weighted by molar-refractivity contribution is 14.1. The number of carboxylic acids is 1. The number of carboxylic acid groups (broad SMARTS) is 1. The number of aromatic carboxylic acids is 1. The minimum atomic E-state index is -1.04. The first-order valence-electron chi connectivity index (χ1n) is 8.30. The number of rotatable bonds is 4. The van der Waals surface area contributed by atoms with Crippen LogP contribution in [-0.4, -0.2) is 21.9 Å². The van der Waals surface area contributed by atoms with Gasteiger partial charge < -0.3 is 9.67 Å². The van der Waals surface area contributed by atoms with E-state index in [-0.39, 0.29) is 10.6 Å². The third kappa shape index (κ3) is 4.09. The Kier molecular flexibility index (Phi) is 5.72. The molecule has 0 fully saturated rings. The number of benzene rings is 2. The smallest absolute Gasteiger partial charge is 0.337 e. The molecule has 0 atom stereocenters. The molecule has 0 bridgehead atoms. The monoisotopic (exact) mass is 492 g/mol. The molecule has 0 saturated carbocycles. The standard InChI is InChI=1S/C21H18ClIN2O2/c1-12-8-16(4-7-20(12)23)24-11-15-9-13(2)25(14(15)3)17-5-6-19(22)18(10-17)21(26)27/h4-11H,1-3H3,(H,26,27). The fourth-order valence-corrected chi connectivity index (χ4v) is 3.52. The molecule has 1 heterocycles. The van der Waals surface area contributed by atoms with Crippen molar-refractivity contribution in [2.24, 2.45) is 4.99 Å². The Hall–Kier alpha value is -2.12. The van der Waals surface area contributed by atoms with E-state index in [0.717, 1.165) is 28.3 Å². The summed E-state index contributed by atoms with van der Waals surface area (Å²) in [5.41, 5.74) is 5.90. The van der Waals surface area contributed by atoms with Gasteiger partial charge in [-0.3, -0.25) is 4.99 Å². The zero-order valence-corrected chi connectivity index (χ0v) is 18.0. The molecule has 3 aromatic rings. The Morgan fingerprint density at radius 3 is 2.56 bits per heavy atom. The molecule has 0 unspecified atom stereocenters. The van der Waals surface area contributed by atoms with E-state index in [2.05, 4.69) is 40.6 Å². The molecule has 1 N–H and O–H groups in total. The third-order valence-corrected chi connectivity index (χ3v) is 5.94. The van der Waals surface area contributed by atoms with E-state index in [1.54, 1.807) is 12.1 Å². The molecule has 0 aliphatic heterocycles. The second-order valence-corrected chi connectivity index (χ2v) is 7.89. The van der Waals surface area contributed by atoms with Crippen LogP contribution in [0.2, 0.25) is 5.02 Å². The van der Waals surface area contributed by atoms with Gasteiger partial charge in [0.2, 0.25) is 0 Å². The van der Waals surface area contributed by atoms with Crippen LogP contribution in [0.1, 0.15) is 32.9 Å². The topological polar surface area (TPSA) is 54.6 Å². The van der Waals surface area contributed by atoms with Gasteiger partial charge in [0.15, 0.2) is 0 Å². The van der Waals surface area contributed by atoms with Gasteiger partial charge in [-0.25, -0.2) is 4.79 Å². The first-order chi connectivity index (χ1) is 12.8. The molecule has 0 radical (unpaired) electrons. The molecule has 2 aromatic carbocycles. The van der Waals surface area contributed by atoms with E-state index >= 15 is 0 Å². The highest BCUT2D eigenvalue weighted by Gasteiger charge is 2.14. The van der Waals surface area contributed by atoms with E-state index in [1.807, 2.05) is 48.9 Å². The SMILES string of the molecule is Cc1cc(N=Cc2cc(C)n(-c3ccc(Cl)c(C(=O)O)c3)c2C)ccc1I. The predicted octanol–water partition coefficient (Wildman–Crippen LogP) is 6.11. The Morgan fingerprint density at radius 2 is 1.89 bits per heavy atom. The molecular formula is C21H18ClIN2O2. The van der Waals surface area contributed by atoms with E-state index < -0.39 is 5.97 Å². The molecule has 3 rings (SSSR count). The van der Waals surface area contributed by atoms with E-state index in [0.29, 0.717) is 0 Å². The third-order valence-electron chi connectivity index (χ3n) is 4.40. The second-order valence-electron chi connectivity index (χ2n) is 6.32. The summed E-state index contributed by atoms with van der Waals surface area (Å²) in [6.07, 6.45) is 1.84. The van der Waals surface area contributed by atoms with E-state index in [4.69, 9.17) is 11.6 Å². The lowest BCUT2D eigenvalue weighted by atomic mass is 10.2. The van der Waals surface area contributed by atoms with Gasteiger partial charge in [-0.2, -0.15) is 0 Å². The molecule has 0 aliphatic rings. The molecule has 1 aromatic heterocycles. The average molecular weight is 493 g/mol. The fourth-order valence-electron chi connectivity index (χ4n) is 2.99. The van der Waals surface area contributed by atoms with Crippen molar-refractivity contribution >= 4 is 52.1 Å². The van der Waals surface area contributed by atoms with Gasteiger partial charge in [0.05, 0.1) is 16.3 Å². The van der Waals surface area contributed by atoms with Crippen LogP contribution in [0.25, 0.3) is 5.69 Å². The Bertz CT molecular complexity index is 1070. The maximum atomic E-state index is 11.4. The first kappa shape index (κ1) is 19.6. The molecule has 4 nitrogen and oxygen atoms in total. The quantitative estimate of drug-likeness (QED) is 0.353. The second kappa shape index (κ2) is 7.86. The van der Waals surface area contributed by atoms with Crippen LogP contribution in [-0.2, 0) is 0 Å². The average Bonchev–Trinajstić information content (AvgIpc) is 2.90. The van der Waals surface area contributed by atoms with Crippen molar-refractivity contribution in [3.63, 3.8) is 0 Å². The normalized spacial score (nSPS) is 11.3. The molecule has 27 heavy (non-hydrogen) atoms. The summed E-state index contributed by atoms with van der Waals surface area (Å²) in [4.78, 5) is 16.0. The summed E-state index contributed by atoms with van der Waals surface area (Å²) in [5, 5.41) is 9.54. The number of hydrogen-bond donors (Lipinski definition) is 1. The summed E-state index contributed by atoms with van der Waals surface area (Å²) in [7, 11) is 0. The highest BCUT2D eigenvalue weighted by atomic mass is 127. The number of aliphatic imine (C=N–C) groups is 1. The van der Waals surface area contributed by atoms with Crippen LogP contribution < -0.4 is 0 Å². The fraction of sp³-hybridized carbons (Fsp3) is 0.143. The van der Waals surface area contributed by atoms with Crippen molar-refractivity contribution in [2.75, 3.05) is 0 Å². The van der Waals surface area contributed by atoms with Crippen LogP contribution in [0.3, 0.4) is 0 Å². The van der Waals surface area contributed by atoms with Gasteiger partial charge >= 0.3 is 5.97 Å². The van der Waals surface area contributed by atoms with Crippen molar-refractivity contribution in [2.45, 2.75) is 20.8 Å². The van der Waals surface area contributed by atoms with Crippen molar-refractivity contribution < 1.29 is 9.90 Å². The van der Waals surface area contributed by atoms with Crippen LogP contribution in [0.5, 0.6) is 0 Å². The molecular weight excluding hydrogens is 475 g/mol. The number of hydrogen-bond acceptors (Lipinski definition) is 2. The van der Waals surface area contributed by atoms with Crippen LogP contribution in [0.15, 0.2) is 47.5 Å². The largest absolute Gasteiger partial charge is 0.478 e. The van der Waals surface area contributed by atoms with Crippen LogP contribution in [0.4, 0.5) is 5.69 Å². The molecule has 0 saturated heterocycles. The number of carbonyl (C=O) groups is 1. The van der Waals surface area contributed by atoms with Crippen molar-refractivity contribution in [3.8, 4) is 5.69 Å². The predicted molar refractivity (Wildman–Crippen MR) is 118 cm³/mol. The van der Waals surface area contributed by atoms with E-state index in [1.165, 1.54) is 9.13 Å². The van der Waals surface area contributed by atoms with Crippen LogP contribution in [0, 0.1) is 24.3 Å². The zero-order chi connectivity index (χ0) is 19.7. The Labute approximate surface area is 176 Å². The lowest BCUT2D eigenvalue weighted by molar-refractivity contribution is 0.0697.